The van der Waals surface area contributed by atoms with Crippen LogP contribution in [0.4, 0.5) is 5.82 Å². The Hall–Kier alpha value is -3.87. The summed E-state index contributed by atoms with van der Waals surface area (Å²) in [7, 11) is -4.25. The van der Waals surface area contributed by atoms with Gasteiger partial charge in [0.2, 0.25) is 0 Å². The first kappa shape index (κ1) is 27.7. The standard InChI is InChI=1S/C26H29N6O7P/c1-17(26(34)36-14-18-8-4-2-5-9-18)31-40(35,38-19-10-6-3-7-11-19)39-21-12-20(13-33)37-25(21)32-16-30-22-23(27)28-15-29-24(22)32/h2-11,15-17,20-21,25,33H,12-14H2,1H3,(H,31,35)(H2,27,28,29)/t17-,20-,21?,25+,40?/m0/s1. The van der Waals surface area contributed by atoms with Gasteiger partial charge in [-0.1, -0.05) is 48.5 Å². The molecule has 1 saturated heterocycles. The van der Waals surface area contributed by atoms with Crippen LogP contribution in [0.1, 0.15) is 25.1 Å². The van der Waals surface area contributed by atoms with Gasteiger partial charge in [-0.15, -0.1) is 0 Å². The van der Waals surface area contributed by atoms with E-state index < -0.39 is 38.2 Å². The van der Waals surface area contributed by atoms with Gasteiger partial charge in [0.1, 0.15) is 36.3 Å². The second-order valence-electron chi connectivity index (χ2n) is 9.14. The van der Waals surface area contributed by atoms with E-state index in [1.807, 2.05) is 30.3 Å². The van der Waals surface area contributed by atoms with Crippen LogP contribution in [0.25, 0.3) is 11.2 Å². The molecule has 2 aromatic heterocycles. The van der Waals surface area contributed by atoms with Crippen LogP contribution < -0.4 is 15.3 Å². The topological polar surface area (TPSA) is 173 Å². The fourth-order valence-corrected chi connectivity index (χ4v) is 5.93. The zero-order valence-corrected chi connectivity index (χ0v) is 22.5. The van der Waals surface area contributed by atoms with Crippen molar-refractivity contribution in [3.63, 3.8) is 0 Å². The average Bonchev–Trinajstić information content (AvgIpc) is 3.57. The van der Waals surface area contributed by atoms with Crippen molar-refractivity contribution in [2.24, 2.45) is 0 Å². The highest BCUT2D eigenvalue weighted by Crippen LogP contribution is 2.50. The molecule has 210 valence electrons. The van der Waals surface area contributed by atoms with Crippen molar-refractivity contribution in [2.45, 2.75) is 44.4 Å². The summed E-state index contributed by atoms with van der Waals surface area (Å²) >= 11 is 0. The van der Waals surface area contributed by atoms with E-state index in [9.17, 15) is 14.5 Å². The maximum atomic E-state index is 14.2. The minimum absolute atomic E-state index is 0.0474. The van der Waals surface area contributed by atoms with Crippen LogP contribution in [0.15, 0.2) is 73.3 Å². The molecule has 0 bridgehead atoms. The maximum absolute atomic E-state index is 14.2. The van der Waals surface area contributed by atoms with Gasteiger partial charge in [0.25, 0.3) is 0 Å². The van der Waals surface area contributed by atoms with Crippen molar-refractivity contribution in [2.75, 3.05) is 12.3 Å². The van der Waals surface area contributed by atoms with Crippen molar-refractivity contribution in [1.29, 1.82) is 0 Å². The Morgan fingerprint density at radius 1 is 1.18 bits per heavy atom. The van der Waals surface area contributed by atoms with Crippen molar-refractivity contribution in [3.05, 3.63) is 78.9 Å². The summed E-state index contributed by atoms with van der Waals surface area (Å²) in [6, 6.07) is 16.5. The van der Waals surface area contributed by atoms with Gasteiger partial charge in [0, 0.05) is 6.42 Å². The Kier molecular flexibility index (Phi) is 8.38. The fraction of sp³-hybridized carbons (Fsp3) is 0.308. The number of rotatable bonds is 11. The number of carbonyl (C=O) groups is 1. The molecule has 3 heterocycles. The molecule has 0 spiro atoms. The minimum atomic E-state index is -4.25. The number of imidazole rings is 1. The molecular formula is C26H29N6O7P. The smallest absolute Gasteiger partial charge is 0.459 e. The highest BCUT2D eigenvalue weighted by molar-refractivity contribution is 7.52. The summed E-state index contributed by atoms with van der Waals surface area (Å²) in [5.41, 5.74) is 7.46. The van der Waals surface area contributed by atoms with Crippen molar-refractivity contribution < 1.29 is 33.0 Å². The third-order valence-electron chi connectivity index (χ3n) is 6.18. The molecule has 4 aromatic rings. The molecule has 0 aliphatic carbocycles. The number of nitrogen functional groups attached to an aromatic ring is 1. The number of aliphatic hydroxyl groups is 1. The Balaban J connectivity index is 1.38. The van der Waals surface area contributed by atoms with Crippen LogP contribution in [0.5, 0.6) is 5.75 Å². The first-order chi connectivity index (χ1) is 19.3. The van der Waals surface area contributed by atoms with E-state index >= 15 is 0 Å². The highest BCUT2D eigenvalue weighted by atomic mass is 31.2. The van der Waals surface area contributed by atoms with E-state index in [0.717, 1.165) is 5.56 Å². The summed E-state index contributed by atoms with van der Waals surface area (Å²) in [6.07, 6.45) is 0.476. The van der Waals surface area contributed by atoms with E-state index in [1.54, 1.807) is 34.9 Å². The molecule has 40 heavy (non-hydrogen) atoms. The molecule has 5 rings (SSSR count). The van der Waals surface area contributed by atoms with E-state index in [2.05, 4.69) is 20.0 Å². The van der Waals surface area contributed by atoms with Gasteiger partial charge in [-0.25, -0.2) is 19.5 Å². The molecule has 13 nitrogen and oxygen atoms in total. The third kappa shape index (κ3) is 6.30. The number of esters is 1. The number of carbonyl (C=O) groups excluding carboxylic acids is 1. The fourth-order valence-electron chi connectivity index (χ4n) is 4.25. The number of aromatic nitrogens is 4. The lowest BCUT2D eigenvalue weighted by molar-refractivity contribution is -0.146. The molecule has 0 amide bonds. The van der Waals surface area contributed by atoms with Crippen LogP contribution in [0.3, 0.4) is 0 Å². The largest absolute Gasteiger partial charge is 0.460 e. The lowest BCUT2D eigenvalue weighted by Crippen LogP contribution is -2.36. The predicted molar refractivity (Wildman–Crippen MR) is 144 cm³/mol. The molecule has 0 radical (unpaired) electrons. The van der Waals surface area contributed by atoms with Crippen LogP contribution >= 0.6 is 7.75 Å². The SMILES string of the molecule is C[C@H](NP(=O)(Oc1ccccc1)OC1C[C@@H](CO)O[C@H]1n1cnc2c(N)ncnc21)C(=O)OCc1ccccc1. The number of hydrogen-bond donors (Lipinski definition) is 3. The minimum Gasteiger partial charge on any atom is -0.460 e. The summed E-state index contributed by atoms with van der Waals surface area (Å²) in [4.78, 5) is 25.3. The van der Waals surface area contributed by atoms with Gasteiger partial charge in [0.15, 0.2) is 17.7 Å². The number of anilines is 1. The van der Waals surface area contributed by atoms with Gasteiger partial charge in [-0.05, 0) is 24.6 Å². The third-order valence-corrected chi connectivity index (χ3v) is 7.89. The van der Waals surface area contributed by atoms with Gasteiger partial charge in [-0.2, -0.15) is 5.09 Å². The quantitative estimate of drug-likeness (QED) is 0.179. The van der Waals surface area contributed by atoms with Gasteiger partial charge in [-0.3, -0.25) is 13.9 Å². The summed E-state index contributed by atoms with van der Waals surface area (Å²) in [5, 5.41) is 12.5. The summed E-state index contributed by atoms with van der Waals surface area (Å²) in [6.45, 7) is 1.24. The van der Waals surface area contributed by atoms with Gasteiger partial charge < -0.3 is 24.8 Å². The number of fused-ring (bicyclic) bond motifs is 1. The Labute approximate surface area is 229 Å². The number of nitrogens with two attached hydrogens (primary N) is 1. The van der Waals surface area contributed by atoms with E-state index in [1.165, 1.54) is 19.6 Å². The Bertz CT molecular complexity index is 1490. The molecular weight excluding hydrogens is 539 g/mol. The molecule has 2 unspecified atom stereocenters. The Morgan fingerprint density at radius 2 is 1.90 bits per heavy atom. The molecule has 0 saturated carbocycles. The van der Waals surface area contributed by atoms with Crippen LogP contribution in [0.2, 0.25) is 0 Å². The number of hydrogen-bond acceptors (Lipinski definition) is 11. The number of ether oxygens (including phenoxy) is 2. The van der Waals surface area contributed by atoms with Crippen LogP contribution in [-0.4, -0.2) is 55.5 Å². The number of benzene rings is 2. The molecule has 5 atom stereocenters. The van der Waals surface area contributed by atoms with Crippen LogP contribution in [0, 0.1) is 0 Å². The predicted octanol–water partition coefficient (Wildman–Crippen LogP) is 2.98. The average molecular weight is 569 g/mol. The Morgan fingerprint density at radius 3 is 2.62 bits per heavy atom. The molecule has 4 N–H and O–H groups in total. The second-order valence-corrected chi connectivity index (χ2v) is 10.8. The first-order valence-electron chi connectivity index (χ1n) is 12.6. The zero-order chi connectivity index (χ0) is 28.1. The molecule has 14 heteroatoms. The normalized spacial score (nSPS) is 21.1. The van der Waals surface area contributed by atoms with E-state index in [4.69, 9.17) is 24.3 Å². The molecule has 1 fully saturated rings. The number of nitrogens with one attached hydrogen (secondary N) is 1. The summed E-state index contributed by atoms with van der Waals surface area (Å²) < 4.78 is 39.1. The van der Waals surface area contributed by atoms with Crippen LogP contribution in [-0.2, 0) is 30.0 Å². The van der Waals surface area contributed by atoms with Gasteiger partial charge in [0.05, 0.1) is 19.0 Å². The molecule has 2 aromatic carbocycles. The number of aliphatic hydroxyl groups excluding tert-OH is 1. The highest BCUT2D eigenvalue weighted by Gasteiger charge is 2.44. The van der Waals surface area contributed by atoms with Crippen molar-refractivity contribution >= 4 is 30.7 Å². The van der Waals surface area contributed by atoms with E-state index in [0.29, 0.717) is 11.2 Å². The first-order valence-corrected chi connectivity index (χ1v) is 14.1. The van der Waals surface area contributed by atoms with Crippen molar-refractivity contribution in [1.82, 2.24) is 24.6 Å². The molecule has 1 aliphatic rings. The maximum Gasteiger partial charge on any atom is 0.459 e. The monoisotopic (exact) mass is 568 g/mol. The van der Waals surface area contributed by atoms with E-state index in [-0.39, 0.29) is 31.2 Å². The van der Waals surface area contributed by atoms with Gasteiger partial charge >= 0.3 is 13.7 Å². The lowest BCUT2D eigenvalue weighted by atomic mass is 10.2. The lowest BCUT2D eigenvalue weighted by Gasteiger charge is -2.27. The second kappa shape index (κ2) is 12.1. The molecule has 1 aliphatic heterocycles. The number of para-hydroxylation sites is 1. The number of nitrogens with zero attached hydrogens (tertiary/aromatic N) is 4. The summed E-state index contributed by atoms with van der Waals surface area (Å²) in [5.74, 6) is -0.212. The van der Waals surface area contributed by atoms with Crippen molar-refractivity contribution in [3.8, 4) is 5.75 Å². The zero-order valence-electron chi connectivity index (χ0n) is 21.6.